The van der Waals surface area contributed by atoms with E-state index in [4.69, 9.17) is 5.73 Å². The van der Waals surface area contributed by atoms with Crippen LogP contribution in [0.3, 0.4) is 0 Å². The van der Waals surface area contributed by atoms with E-state index < -0.39 is 5.82 Å². The van der Waals surface area contributed by atoms with Crippen LogP contribution in [0.1, 0.15) is 60.0 Å². The smallest absolute Gasteiger partial charge is 0.256 e. The molecule has 3 aromatic rings. The molecule has 0 saturated heterocycles. The summed E-state index contributed by atoms with van der Waals surface area (Å²) in [4.78, 5) is 37.0. The van der Waals surface area contributed by atoms with E-state index in [0.29, 0.717) is 52.3 Å². The van der Waals surface area contributed by atoms with Crippen molar-refractivity contribution in [1.82, 2.24) is 5.32 Å². The Morgan fingerprint density at radius 3 is 2.55 bits per heavy atom. The zero-order valence-electron chi connectivity index (χ0n) is 21.1. The molecular formula is C30H31FN4O3. The van der Waals surface area contributed by atoms with E-state index in [9.17, 15) is 18.8 Å². The van der Waals surface area contributed by atoms with Crippen LogP contribution in [0, 0.1) is 5.82 Å². The van der Waals surface area contributed by atoms with Crippen molar-refractivity contribution in [1.29, 1.82) is 0 Å². The van der Waals surface area contributed by atoms with Crippen LogP contribution in [-0.2, 0) is 9.59 Å². The highest BCUT2D eigenvalue weighted by molar-refractivity contribution is 6.34. The number of anilines is 3. The Morgan fingerprint density at radius 2 is 1.71 bits per heavy atom. The van der Waals surface area contributed by atoms with E-state index in [2.05, 4.69) is 16.0 Å². The lowest BCUT2D eigenvalue weighted by Crippen LogP contribution is -2.24. The summed E-state index contributed by atoms with van der Waals surface area (Å²) in [6, 6.07) is 18.3. The molecule has 1 aliphatic heterocycles. The van der Waals surface area contributed by atoms with Gasteiger partial charge >= 0.3 is 0 Å². The predicted molar refractivity (Wildman–Crippen MR) is 149 cm³/mol. The molecule has 0 radical (unpaired) electrons. The molecule has 0 saturated carbocycles. The zero-order valence-corrected chi connectivity index (χ0v) is 21.1. The fourth-order valence-electron chi connectivity index (χ4n) is 4.31. The first-order chi connectivity index (χ1) is 18.4. The van der Waals surface area contributed by atoms with E-state index >= 15 is 0 Å². The van der Waals surface area contributed by atoms with Gasteiger partial charge in [-0.1, -0.05) is 43.5 Å². The Bertz CT molecular complexity index is 1370. The van der Waals surface area contributed by atoms with Crippen LogP contribution in [0.25, 0.3) is 11.6 Å². The Balaban J connectivity index is 1.17. The Kier molecular flexibility index (Phi) is 8.87. The van der Waals surface area contributed by atoms with Crippen molar-refractivity contribution in [3.63, 3.8) is 0 Å². The third-order valence-corrected chi connectivity index (χ3v) is 6.33. The summed E-state index contributed by atoms with van der Waals surface area (Å²) in [5.74, 6) is -0.956. The molecule has 1 aliphatic rings. The van der Waals surface area contributed by atoms with Crippen LogP contribution in [0.5, 0.6) is 0 Å². The Labute approximate surface area is 221 Å². The van der Waals surface area contributed by atoms with E-state index in [1.165, 1.54) is 18.2 Å². The number of para-hydroxylation sites is 2. The van der Waals surface area contributed by atoms with Gasteiger partial charge in [-0.3, -0.25) is 14.4 Å². The van der Waals surface area contributed by atoms with Crippen molar-refractivity contribution >= 4 is 46.4 Å². The standard InChI is InChI=1S/C30H31FN4O3/c31-22-14-15-26-23(19-22)24(30(38)35-26)18-20-9-8-10-21(17-20)29(37)33-16-7-3-1-2-4-13-28(36)34-27-12-6-5-11-25(27)32/h5-6,8-12,14-15,17-19H,1-4,7,13,16,32H2,(H,33,37)(H,34,36)(H,35,38)/b24-18-. The zero-order chi connectivity index (χ0) is 26.9. The number of carbonyl (C=O) groups is 3. The first-order valence-corrected chi connectivity index (χ1v) is 12.8. The van der Waals surface area contributed by atoms with Gasteiger partial charge in [0.05, 0.1) is 11.4 Å². The number of fused-ring (bicyclic) bond motifs is 1. The molecule has 0 fully saturated rings. The number of hydrogen-bond donors (Lipinski definition) is 4. The summed E-state index contributed by atoms with van der Waals surface area (Å²) in [6.07, 6.45) is 6.59. The highest BCUT2D eigenvalue weighted by atomic mass is 19.1. The molecule has 196 valence electrons. The number of benzene rings is 3. The molecule has 7 nitrogen and oxygen atoms in total. The lowest BCUT2D eigenvalue weighted by Gasteiger charge is -2.08. The van der Waals surface area contributed by atoms with Gasteiger partial charge in [-0.25, -0.2) is 4.39 Å². The van der Waals surface area contributed by atoms with Crippen LogP contribution in [0.2, 0.25) is 0 Å². The topological polar surface area (TPSA) is 113 Å². The van der Waals surface area contributed by atoms with Crippen LogP contribution < -0.4 is 21.7 Å². The molecule has 38 heavy (non-hydrogen) atoms. The van der Waals surface area contributed by atoms with Crippen LogP contribution in [0.4, 0.5) is 21.5 Å². The highest BCUT2D eigenvalue weighted by Crippen LogP contribution is 2.33. The van der Waals surface area contributed by atoms with Gasteiger partial charge in [-0.05, 0) is 66.9 Å². The summed E-state index contributed by atoms with van der Waals surface area (Å²) in [6.45, 7) is 0.549. The lowest BCUT2D eigenvalue weighted by molar-refractivity contribution is -0.116. The van der Waals surface area contributed by atoms with Gasteiger partial charge in [0.2, 0.25) is 5.91 Å². The minimum absolute atomic E-state index is 0.0435. The summed E-state index contributed by atoms with van der Waals surface area (Å²) < 4.78 is 13.7. The van der Waals surface area contributed by atoms with Crippen LogP contribution >= 0.6 is 0 Å². The van der Waals surface area contributed by atoms with Gasteiger partial charge in [0.25, 0.3) is 11.8 Å². The van der Waals surface area contributed by atoms with Crippen molar-refractivity contribution in [2.24, 2.45) is 0 Å². The monoisotopic (exact) mass is 514 g/mol. The van der Waals surface area contributed by atoms with Gasteiger partial charge in [0.15, 0.2) is 0 Å². The second kappa shape index (κ2) is 12.7. The fourth-order valence-corrected chi connectivity index (χ4v) is 4.31. The van der Waals surface area contributed by atoms with Crippen LogP contribution in [-0.4, -0.2) is 24.3 Å². The number of nitrogens with two attached hydrogens (primary N) is 1. The van der Waals surface area contributed by atoms with Crippen molar-refractivity contribution in [3.05, 3.63) is 89.2 Å². The quantitative estimate of drug-likeness (QED) is 0.151. The fraction of sp³-hybridized carbons (Fsp3) is 0.233. The third-order valence-electron chi connectivity index (χ3n) is 6.33. The molecule has 5 N–H and O–H groups in total. The number of nitrogen functional groups attached to an aromatic ring is 1. The summed E-state index contributed by atoms with van der Waals surface area (Å²) in [5.41, 5.74) is 9.63. The molecule has 0 atom stereocenters. The predicted octanol–water partition coefficient (Wildman–Crippen LogP) is 5.61. The molecule has 4 rings (SSSR count). The molecule has 1 heterocycles. The van der Waals surface area contributed by atoms with Gasteiger partial charge < -0.3 is 21.7 Å². The molecule has 0 spiro atoms. The van der Waals surface area contributed by atoms with E-state index in [1.54, 1.807) is 42.5 Å². The van der Waals surface area contributed by atoms with Crippen molar-refractivity contribution in [3.8, 4) is 0 Å². The SMILES string of the molecule is Nc1ccccc1NC(=O)CCCCCCCNC(=O)c1cccc(/C=C2\C(=O)Nc3ccc(F)cc32)c1. The minimum atomic E-state index is -0.418. The van der Waals surface area contributed by atoms with Crippen LogP contribution in [0.15, 0.2) is 66.7 Å². The third kappa shape index (κ3) is 7.06. The van der Waals surface area contributed by atoms with Gasteiger partial charge in [0, 0.05) is 35.4 Å². The van der Waals surface area contributed by atoms with Gasteiger partial charge in [-0.15, -0.1) is 0 Å². The number of amides is 3. The number of carbonyl (C=O) groups excluding carboxylic acids is 3. The summed E-state index contributed by atoms with van der Waals surface area (Å²) >= 11 is 0. The molecule has 8 heteroatoms. The number of hydrogen-bond acceptors (Lipinski definition) is 4. The number of rotatable bonds is 11. The molecule has 0 aromatic heterocycles. The maximum absolute atomic E-state index is 13.7. The number of nitrogens with one attached hydrogen (secondary N) is 3. The minimum Gasteiger partial charge on any atom is -0.397 e. The van der Waals surface area contributed by atoms with Crippen molar-refractivity contribution < 1.29 is 18.8 Å². The largest absolute Gasteiger partial charge is 0.397 e. The van der Waals surface area contributed by atoms with Gasteiger partial charge in [-0.2, -0.15) is 0 Å². The second-order valence-corrected chi connectivity index (χ2v) is 9.24. The average Bonchev–Trinajstić information content (AvgIpc) is 3.21. The molecular weight excluding hydrogens is 483 g/mol. The van der Waals surface area contributed by atoms with Crippen molar-refractivity contribution in [2.75, 3.05) is 22.9 Å². The molecule has 3 aromatic carbocycles. The molecule has 0 aliphatic carbocycles. The van der Waals surface area contributed by atoms with Crippen molar-refractivity contribution in [2.45, 2.75) is 38.5 Å². The number of halogens is 1. The normalized spacial score (nSPS) is 13.2. The van der Waals surface area contributed by atoms with E-state index in [-0.39, 0.29) is 17.7 Å². The molecule has 0 bridgehead atoms. The first-order valence-electron chi connectivity index (χ1n) is 12.8. The Hall–Kier alpha value is -4.46. The molecule has 3 amide bonds. The maximum Gasteiger partial charge on any atom is 0.256 e. The van der Waals surface area contributed by atoms with E-state index in [1.807, 2.05) is 12.1 Å². The summed E-state index contributed by atoms with van der Waals surface area (Å²) in [5, 5.41) is 8.49. The maximum atomic E-state index is 13.7. The Morgan fingerprint density at radius 1 is 0.921 bits per heavy atom. The highest BCUT2D eigenvalue weighted by Gasteiger charge is 2.24. The lowest BCUT2D eigenvalue weighted by atomic mass is 10.0. The average molecular weight is 515 g/mol. The van der Waals surface area contributed by atoms with Gasteiger partial charge in [0.1, 0.15) is 5.82 Å². The first kappa shape index (κ1) is 26.6. The summed E-state index contributed by atoms with van der Waals surface area (Å²) in [7, 11) is 0. The second-order valence-electron chi connectivity index (χ2n) is 9.24. The van der Waals surface area contributed by atoms with E-state index in [0.717, 1.165) is 32.1 Å². The number of unbranched alkanes of at least 4 members (excludes halogenated alkanes) is 4. The molecule has 0 unspecified atom stereocenters.